The number of carboxylic acid groups (broad SMARTS) is 1. The zero-order valence-corrected chi connectivity index (χ0v) is 8.24. The molecule has 6 heteroatoms. The van der Waals surface area contributed by atoms with Crippen molar-refractivity contribution < 1.29 is 28.2 Å². The first-order valence-electron chi connectivity index (χ1n) is 4.23. The number of rotatable bonds is 4. The van der Waals surface area contributed by atoms with Gasteiger partial charge in [0.15, 0.2) is 6.29 Å². The topological polar surface area (TPSA) is 63.6 Å². The van der Waals surface area contributed by atoms with Crippen LogP contribution in [0.1, 0.15) is 26.3 Å². The SMILES string of the molecule is Cc1cc(OC(F)F)c(C=O)cc1C(=O)O. The minimum absolute atomic E-state index is 0.122. The first-order chi connectivity index (χ1) is 7.45. The molecule has 1 N–H and O–H groups in total. The smallest absolute Gasteiger partial charge is 0.387 e. The molecule has 0 aliphatic rings. The first kappa shape index (κ1) is 12.1. The zero-order chi connectivity index (χ0) is 12.3. The molecule has 86 valence electrons. The van der Waals surface area contributed by atoms with Crippen molar-refractivity contribution in [2.75, 3.05) is 0 Å². The van der Waals surface area contributed by atoms with Crippen molar-refractivity contribution >= 4 is 12.3 Å². The minimum Gasteiger partial charge on any atom is -0.478 e. The van der Waals surface area contributed by atoms with Crippen LogP contribution < -0.4 is 4.74 Å². The van der Waals surface area contributed by atoms with Gasteiger partial charge in [0.05, 0.1) is 11.1 Å². The molecule has 0 aliphatic carbocycles. The van der Waals surface area contributed by atoms with Gasteiger partial charge in [-0.25, -0.2) is 4.79 Å². The highest BCUT2D eigenvalue weighted by molar-refractivity contribution is 5.93. The number of ether oxygens (including phenoxy) is 1. The summed E-state index contributed by atoms with van der Waals surface area (Å²) in [5.74, 6) is -1.56. The van der Waals surface area contributed by atoms with Gasteiger partial charge in [-0.2, -0.15) is 8.78 Å². The predicted molar refractivity (Wildman–Crippen MR) is 50.2 cm³/mol. The Kier molecular flexibility index (Phi) is 3.55. The summed E-state index contributed by atoms with van der Waals surface area (Å²) in [7, 11) is 0. The van der Waals surface area contributed by atoms with Crippen LogP contribution in [-0.2, 0) is 0 Å². The van der Waals surface area contributed by atoms with Gasteiger partial charge in [0.1, 0.15) is 5.75 Å². The lowest BCUT2D eigenvalue weighted by Crippen LogP contribution is -2.07. The third kappa shape index (κ3) is 2.53. The molecule has 16 heavy (non-hydrogen) atoms. The van der Waals surface area contributed by atoms with E-state index in [2.05, 4.69) is 4.74 Å². The average Bonchev–Trinajstić information content (AvgIpc) is 2.16. The molecule has 1 aromatic carbocycles. The van der Waals surface area contributed by atoms with Gasteiger partial charge in [0.2, 0.25) is 0 Å². The van der Waals surface area contributed by atoms with Gasteiger partial charge < -0.3 is 9.84 Å². The fraction of sp³-hybridized carbons (Fsp3) is 0.200. The van der Waals surface area contributed by atoms with Crippen LogP contribution in [0.3, 0.4) is 0 Å². The third-order valence-electron chi connectivity index (χ3n) is 1.93. The van der Waals surface area contributed by atoms with Crippen molar-refractivity contribution in [1.82, 2.24) is 0 Å². The van der Waals surface area contributed by atoms with E-state index >= 15 is 0 Å². The van der Waals surface area contributed by atoms with Crippen molar-refractivity contribution in [3.8, 4) is 5.75 Å². The Balaban J connectivity index is 3.26. The van der Waals surface area contributed by atoms with Crippen molar-refractivity contribution in [3.05, 3.63) is 28.8 Å². The number of halogens is 2. The maximum absolute atomic E-state index is 12.0. The van der Waals surface area contributed by atoms with Crippen LogP contribution in [0.15, 0.2) is 12.1 Å². The summed E-state index contributed by atoms with van der Waals surface area (Å²) in [6, 6.07) is 2.10. The predicted octanol–water partition coefficient (Wildman–Crippen LogP) is 2.11. The molecular weight excluding hydrogens is 222 g/mol. The van der Waals surface area contributed by atoms with E-state index in [0.717, 1.165) is 12.1 Å². The number of benzene rings is 1. The molecule has 1 aromatic rings. The maximum atomic E-state index is 12.0. The lowest BCUT2D eigenvalue weighted by molar-refractivity contribution is -0.0500. The maximum Gasteiger partial charge on any atom is 0.387 e. The molecule has 0 fully saturated rings. The lowest BCUT2D eigenvalue weighted by atomic mass is 10.0. The second-order valence-electron chi connectivity index (χ2n) is 3.01. The molecule has 0 atom stereocenters. The highest BCUT2D eigenvalue weighted by Gasteiger charge is 2.15. The molecule has 0 spiro atoms. The zero-order valence-electron chi connectivity index (χ0n) is 8.24. The summed E-state index contributed by atoms with van der Waals surface area (Å²) in [5, 5.41) is 8.75. The molecule has 0 amide bonds. The average molecular weight is 230 g/mol. The van der Waals surface area contributed by atoms with E-state index in [1.54, 1.807) is 0 Å². The molecule has 0 radical (unpaired) electrons. The van der Waals surface area contributed by atoms with Gasteiger partial charge in [-0.1, -0.05) is 0 Å². The van der Waals surface area contributed by atoms with E-state index in [0.29, 0.717) is 0 Å². The Morgan fingerprint density at radius 2 is 2.12 bits per heavy atom. The highest BCUT2D eigenvalue weighted by Crippen LogP contribution is 2.24. The fourth-order valence-electron chi connectivity index (χ4n) is 1.22. The Bertz CT molecular complexity index is 429. The molecule has 0 heterocycles. The second kappa shape index (κ2) is 4.69. The van der Waals surface area contributed by atoms with Gasteiger partial charge >= 0.3 is 12.6 Å². The van der Waals surface area contributed by atoms with E-state index < -0.39 is 12.6 Å². The van der Waals surface area contributed by atoms with Gasteiger partial charge in [0, 0.05) is 0 Å². The summed E-state index contributed by atoms with van der Waals surface area (Å²) in [6.45, 7) is -1.63. The van der Waals surface area contributed by atoms with E-state index in [9.17, 15) is 18.4 Å². The number of hydrogen-bond acceptors (Lipinski definition) is 3. The van der Waals surface area contributed by atoms with Crippen LogP contribution in [0.25, 0.3) is 0 Å². The molecule has 0 saturated heterocycles. The Morgan fingerprint density at radius 1 is 1.50 bits per heavy atom. The van der Waals surface area contributed by atoms with Gasteiger partial charge in [-0.3, -0.25) is 4.79 Å². The van der Waals surface area contributed by atoms with E-state index in [1.807, 2.05) is 0 Å². The van der Waals surface area contributed by atoms with Gasteiger partial charge in [0.25, 0.3) is 0 Å². The summed E-state index contributed by atoms with van der Waals surface area (Å²) in [5.41, 5.74) is -0.0965. The molecular formula is C10H8F2O4. The molecule has 0 aliphatic heterocycles. The summed E-state index contributed by atoms with van der Waals surface area (Å²) in [6.07, 6.45) is 0.267. The number of aldehydes is 1. The Hall–Kier alpha value is -1.98. The van der Waals surface area contributed by atoms with Crippen molar-refractivity contribution in [2.24, 2.45) is 0 Å². The van der Waals surface area contributed by atoms with Crippen molar-refractivity contribution in [1.29, 1.82) is 0 Å². The van der Waals surface area contributed by atoms with Crippen LogP contribution in [0.4, 0.5) is 8.78 Å². The second-order valence-corrected chi connectivity index (χ2v) is 3.01. The van der Waals surface area contributed by atoms with Crippen LogP contribution in [-0.4, -0.2) is 24.0 Å². The fourth-order valence-corrected chi connectivity index (χ4v) is 1.22. The van der Waals surface area contributed by atoms with Crippen molar-refractivity contribution in [3.63, 3.8) is 0 Å². The molecule has 4 nitrogen and oxygen atoms in total. The van der Waals surface area contributed by atoms with E-state index in [4.69, 9.17) is 5.11 Å². The standard InChI is InChI=1S/C10H8F2O4/c1-5-2-8(16-10(11)12)6(4-13)3-7(5)9(14)15/h2-4,10H,1H3,(H,14,15). The Morgan fingerprint density at radius 3 is 2.56 bits per heavy atom. The molecule has 0 bridgehead atoms. The number of carbonyl (C=O) groups is 2. The van der Waals surface area contributed by atoms with E-state index in [1.165, 1.54) is 6.92 Å². The van der Waals surface area contributed by atoms with Crippen molar-refractivity contribution in [2.45, 2.75) is 13.5 Å². The quantitative estimate of drug-likeness (QED) is 0.804. The molecule has 0 unspecified atom stereocenters. The summed E-state index contributed by atoms with van der Waals surface area (Å²) in [4.78, 5) is 21.3. The first-order valence-corrected chi connectivity index (χ1v) is 4.23. The summed E-state index contributed by atoms with van der Waals surface area (Å²) >= 11 is 0. The lowest BCUT2D eigenvalue weighted by Gasteiger charge is -2.09. The van der Waals surface area contributed by atoms with Crippen LogP contribution >= 0.6 is 0 Å². The number of carboxylic acids is 1. The molecule has 1 rings (SSSR count). The van der Waals surface area contributed by atoms with Gasteiger partial charge in [-0.15, -0.1) is 0 Å². The Labute approximate surface area is 89.5 Å². The normalized spacial score (nSPS) is 10.2. The van der Waals surface area contributed by atoms with Crippen LogP contribution in [0.5, 0.6) is 5.75 Å². The number of hydrogen-bond donors (Lipinski definition) is 1. The number of aromatic carboxylic acids is 1. The molecule has 0 saturated carbocycles. The van der Waals surface area contributed by atoms with Crippen LogP contribution in [0.2, 0.25) is 0 Å². The number of carbonyl (C=O) groups excluding carboxylic acids is 1. The largest absolute Gasteiger partial charge is 0.478 e. The minimum atomic E-state index is -3.06. The molecule has 0 aromatic heterocycles. The monoisotopic (exact) mass is 230 g/mol. The van der Waals surface area contributed by atoms with E-state index in [-0.39, 0.29) is 28.7 Å². The van der Waals surface area contributed by atoms with Crippen LogP contribution in [0, 0.1) is 6.92 Å². The number of aryl methyl sites for hydroxylation is 1. The number of alkyl halides is 2. The highest BCUT2D eigenvalue weighted by atomic mass is 19.3. The summed E-state index contributed by atoms with van der Waals surface area (Å²) < 4.78 is 28.0. The third-order valence-corrected chi connectivity index (χ3v) is 1.93. The van der Waals surface area contributed by atoms with Gasteiger partial charge in [-0.05, 0) is 24.6 Å².